The lowest BCUT2D eigenvalue weighted by molar-refractivity contribution is -0.153. The Morgan fingerprint density at radius 3 is 2.22 bits per heavy atom. The van der Waals surface area contributed by atoms with Crippen molar-refractivity contribution in [2.75, 3.05) is 13.2 Å². The lowest BCUT2D eigenvalue weighted by atomic mass is 10.2. The van der Waals surface area contributed by atoms with Crippen LogP contribution >= 0.6 is 0 Å². The minimum Gasteiger partial charge on any atom is -0.484 e. The van der Waals surface area contributed by atoms with Gasteiger partial charge in [0.1, 0.15) is 5.75 Å². The van der Waals surface area contributed by atoms with Crippen molar-refractivity contribution in [2.45, 2.75) is 19.1 Å². The number of nitrogens with one attached hydrogen (secondary N) is 2. The van der Waals surface area contributed by atoms with Gasteiger partial charge < -0.3 is 15.4 Å². The Morgan fingerprint density at radius 2 is 1.59 bits per heavy atom. The van der Waals surface area contributed by atoms with Gasteiger partial charge in [0, 0.05) is 25.1 Å². The van der Waals surface area contributed by atoms with Crippen LogP contribution in [0.2, 0.25) is 0 Å². The maximum atomic E-state index is 12.1. The maximum Gasteiger partial charge on any atom is 0.422 e. The van der Waals surface area contributed by atoms with Crippen molar-refractivity contribution in [1.29, 1.82) is 0 Å². The Bertz CT molecular complexity index is 747. The number of amides is 2. The van der Waals surface area contributed by atoms with Crippen LogP contribution in [-0.4, -0.2) is 31.1 Å². The summed E-state index contributed by atoms with van der Waals surface area (Å²) in [5.41, 5.74) is 1.24. The largest absolute Gasteiger partial charge is 0.484 e. The van der Waals surface area contributed by atoms with E-state index in [0.29, 0.717) is 5.56 Å². The minimum absolute atomic E-state index is 0.103. The van der Waals surface area contributed by atoms with Gasteiger partial charge in [-0.05, 0) is 29.8 Å². The fourth-order valence-corrected chi connectivity index (χ4v) is 2.14. The summed E-state index contributed by atoms with van der Waals surface area (Å²) in [7, 11) is 0. The van der Waals surface area contributed by atoms with Gasteiger partial charge in [0.05, 0.1) is 0 Å². The fraction of sp³-hybridized carbons (Fsp3) is 0.263. The van der Waals surface area contributed by atoms with Crippen molar-refractivity contribution in [3.05, 3.63) is 65.7 Å². The molecule has 2 rings (SSSR count). The predicted molar refractivity (Wildman–Crippen MR) is 93.2 cm³/mol. The highest BCUT2D eigenvalue weighted by atomic mass is 19.4. The molecule has 0 saturated carbocycles. The molecule has 5 nitrogen and oxygen atoms in total. The first-order chi connectivity index (χ1) is 12.8. The molecule has 0 radical (unpaired) electrons. The zero-order chi connectivity index (χ0) is 19.7. The van der Waals surface area contributed by atoms with Crippen molar-refractivity contribution in [1.82, 2.24) is 10.6 Å². The number of carbonyl (C=O) groups excluding carboxylic acids is 2. The molecule has 2 aromatic rings. The molecule has 0 aromatic heterocycles. The second-order valence-corrected chi connectivity index (χ2v) is 5.70. The molecule has 0 bridgehead atoms. The van der Waals surface area contributed by atoms with Crippen LogP contribution in [-0.2, 0) is 11.3 Å². The molecule has 0 unspecified atom stereocenters. The Hall–Kier alpha value is -3.03. The second-order valence-electron chi connectivity index (χ2n) is 5.70. The molecule has 0 heterocycles. The van der Waals surface area contributed by atoms with E-state index in [-0.39, 0.29) is 37.1 Å². The Balaban J connectivity index is 1.67. The summed E-state index contributed by atoms with van der Waals surface area (Å²) >= 11 is 0. The van der Waals surface area contributed by atoms with E-state index in [9.17, 15) is 22.8 Å². The third kappa shape index (κ3) is 7.81. The van der Waals surface area contributed by atoms with Crippen molar-refractivity contribution in [2.24, 2.45) is 0 Å². The van der Waals surface area contributed by atoms with Gasteiger partial charge in [0.25, 0.3) is 5.91 Å². The van der Waals surface area contributed by atoms with Crippen molar-refractivity contribution in [3.8, 4) is 5.75 Å². The zero-order valence-electron chi connectivity index (χ0n) is 14.4. The molecule has 2 N–H and O–H groups in total. The van der Waals surface area contributed by atoms with Gasteiger partial charge in [0.15, 0.2) is 6.61 Å². The monoisotopic (exact) mass is 380 g/mol. The number of alkyl halides is 3. The first-order valence-electron chi connectivity index (χ1n) is 8.22. The molecule has 144 valence electrons. The average molecular weight is 380 g/mol. The van der Waals surface area contributed by atoms with Gasteiger partial charge in [-0.15, -0.1) is 0 Å². The molecule has 27 heavy (non-hydrogen) atoms. The quantitative estimate of drug-likeness (QED) is 0.740. The number of carbonyl (C=O) groups is 2. The van der Waals surface area contributed by atoms with E-state index in [1.165, 1.54) is 12.1 Å². The minimum atomic E-state index is -4.39. The van der Waals surface area contributed by atoms with Gasteiger partial charge in [-0.25, -0.2) is 0 Å². The van der Waals surface area contributed by atoms with Crippen LogP contribution < -0.4 is 15.4 Å². The molecule has 0 saturated heterocycles. The predicted octanol–water partition coefficient (Wildman–Crippen LogP) is 3.06. The van der Waals surface area contributed by atoms with Crippen molar-refractivity contribution in [3.63, 3.8) is 0 Å². The molecule has 0 atom stereocenters. The highest BCUT2D eigenvalue weighted by molar-refractivity contribution is 5.94. The summed E-state index contributed by atoms with van der Waals surface area (Å²) in [6.45, 7) is -0.924. The number of hydrogen-bond acceptors (Lipinski definition) is 3. The van der Waals surface area contributed by atoms with Gasteiger partial charge in [-0.3, -0.25) is 9.59 Å². The van der Waals surface area contributed by atoms with Crippen LogP contribution in [0.3, 0.4) is 0 Å². The first kappa shape index (κ1) is 20.3. The fourth-order valence-electron chi connectivity index (χ4n) is 2.14. The first-order valence-corrected chi connectivity index (χ1v) is 8.22. The number of hydrogen-bond donors (Lipinski definition) is 2. The van der Waals surface area contributed by atoms with Crippen LogP contribution in [0.5, 0.6) is 5.75 Å². The summed E-state index contributed by atoms with van der Waals surface area (Å²) in [5, 5.41) is 5.33. The van der Waals surface area contributed by atoms with Gasteiger partial charge in [0.2, 0.25) is 5.91 Å². The van der Waals surface area contributed by atoms with Gasteiger partial charge in [-0.1, -0.05) is 30.3 Å². The summed E-state index contributed by atoms with van der Waals surface area (Å²) in [5.74, 6) is -0.398. The third-order valence-electron chi connectivity index (χ3n) is 3.49. The molecule has 2 amide bonds. The highest BCUT2D eigenvalue weighted by Gasteiger charge is 2.28. The Labute approximate surface area is 154 Å². The zero-order valence-corrected chi connectivity index (χ0v) is 14.4. The van der Waals surface area contributed by atoms with Crippen molar-refractivity contribution >= 4 is 11.8 Å². The molecular formula is C19H19F3N2O3. The SMILES string of the molecule is O=C(CCNC(=O)c1ccccc1)NCc1ccc(OCC(F)(F)F)cc1. The van der Waals surface area contributed by atoms with E-state index in [2.05, 4.69) is 15.4 Å². The summed E-state index contributed by atoms with van der Waals surface area (Å²) in [4.78, 5) is 23.6. The van der Waals surface area contributed by atoms with E-state index >= 15 is 0 Å². The summed E-state index contributed by atoms with van der Waals surface area (Å²) < 4.78 is 40.8. The van der Waals surface area contributed by atoms with Crippen LogP contribution in [0.1, 0.15) is 22.3 Å². The maximum absolute atomic E-state index is 12.1. The van der Waals surface area contributed by atoms with E-state index in [1.807, 2.05) is 0 Å². The third-order valence-corrected chi connectivity index (χ3v) is 3.49. The smallest absolute Gasteiger partial charge is 0.422 e. The molecule has 0 fully saturated rings. The molecule has 0 spiro atoms. The van der Waals surface area contributed by atoms with Crippen molar-refractivity contribution < 1.29 is 27.5 Å². The number of rotatable bonds is 8. The Morgan fingerprint density at radius 1 is 0.926 bits per heavy atom. The van der Waals surface area contributed by atoms with E-state index < -0.39 is 12.8 Å². The lowest BCUT2D eigenvalue weighted by Gasteiger charge is -2.10. The average Bonchev–Trinajstić information content (AvgIpc) is 2.65. The molecule has 0 aliphatic rings. The van der Waals surface area contributed by atoms with Gasteiger partial charge in [-0.2, -0.15) is 13.2 Å². The van der Waals surface area contributed by atoms with Crippen LogP contribution in [0.15, 0.2) is 54.6 Å². The van der Waals surface area contributed by atoms with Crippen LogP contribution in [0.25, 0.3) is 0 Å². The molecular weight excluding hydrogens is 361 g/mol. The van der Waals surface area contributed by atoms with Crippen LogP contribution in [0, 0.1) is 0 Å². The number of halogens is 3. The number of benzene rings is 2. The normalized spacial score (nSPS) is 10.9. The molecule has 0 aliphatic carbocycles. The summed E-state index contributed by atoms with van der Waals surface area (Å²) in [6.07, 6.45) is -4.27. The van der Waals surface area contributed by atoms with Gasteiger partial charge >= 0.3 is 6.18 Å². The molecule has 0 aliphatic heterocycles. The van der Waals surface area contributed by atoms with E-state index in [4.69, 9.17) is 0 Å². The molecule has 2 aromatic carbocycles. The second kappa shape index (κ2) is 9.61. The summed E-state index contributed by atoms with van der Waals surface area (Å²) in [6, 6.07) is 14.6. The highest BCUT2D eigenvalue weighted by Crippen LogP contribution is 2.18. The van der Waals surface area contributed by atoms with E-state index in [0.717, 1.165) is 5.56 Å². The topological polar surface area (TPSA) is 67.4 Å². The number of ether oxygens (including phenoxy) is 1. The molecule has 8 heteroatoms. The Kier molecular flexibility index (Phi) is 7.22. The standard InChI is InChI=1S/C19H19F3N2O3/c20-19(21,22)13-27-16-8-6-14(7-9-16)12-24-17(25)10-11-23-18(26)15-4-2-1-3-5-15/h1-9H,10-13H2,(H,23,26)(H,24,25). The lowest BCUT2D eigenvalue weighted by Crippen LogP contribution is -2.30. The van der Waals surface area contributed by atoms with E-state index in [1.54, 1.807) is 42.5 Å². The van der Waals surface area contributed by atoms with Crippen LogP contribution in [0.4, 0.5) is 13.2 Å².